The predicted octanol–water partition coefficient (Wildman–Crippen LogP) is 1.99. The first-order valence-electron chi connectivity index (χ1n) is 5.62. The number of fused-ring (bicyclic) bond motifs is 1. The average Bonchev–Trinajstić information content (AvgIpc) is 2.62. The summed E-state index contributed by atoms with van der Waals surface area (Å²) in [5, 5.41) is 9.98. The van der Waals surface area contributed by atoms with Crippen LogP contribution in [0.15, 0.2) is 24.3 Å². The van der Waals surface area contributed by atoms with Crippen LogP contribution in [0.1, 0.15) is 23.6 Å². The number of carbonyl (C=O) groups is 1. The fraction of sp³-hybridized carbons (Fsp3) is 0.308. The maximum Gasteiger partial charge on any atom is 0.304 e. The van der Waals surface area contributed by atoms with Crippen LogP contribution in [0, 0.1) is 6.92 Å². The highest BCUT2D eigenvalue weighted by Gasteiger charge is 2.20. The molecule has 1 atom stereocenters. The maximum atomic E-state index is 10.8. The van der Waals surface area contributed by atoms with Gasteiger partial charge >= 0.3 is 5.97 Å². The first-order valence-corrected chi connectivity index (χ1v) is 5.62. The molecule has 0 saturated heterocycles. The number of aromatic nitrogens is 1. The summed E-state index contributed by atoms with van der Waals surface area (Å²) in [6.07, 6.45) is 0.0686. The Balaban J connectivity index is 2.52. The van der Waals surface area contributed by atoms with E-state index < -0.39 is 5.97 Å². The molecular formula is C13H16N2O2. The maximum absolute atomic E-state index is 10.8. The molecule has 2 aromatic rings. The van der Waals surface area contributed by atoms with E-state index in [1.54, 1.807) is 0 Å². The SMILES string of the molecule is Cc1[nH]c2ccccc2c1C(CN)CC(=O)O. The minimum absolute atomic E-state index is 0.0686. The van der Waals surface area contributed by atoms with Crippen LogP contribution in [0.4, 0.5) is 0 Å². The van der Waals surface area contributed by atoms with Gasteiger partial charge in [-0.3, -0.25) is 4.79 Å². The van der Waals surface area contributed by atoms with Crippen molar-refractivity contribution in [2.45, 2.75) is 19.3 Å². The fourth-order valence-electron chi connectivity index (χ4n) is 2.34. The Labute approximate surface area is 99.4 Å². The Hall–Kier alpha value is -1.81. The zero-order chi connectivity index (χ0) is 12.4. The number of hydrogen-bond acceptors (Lipinski definition) is 2. The number of aliphatic carboxylic acids is 1. The first-order chi connectivity index (χ1) is 8.13. The van der Waals surface area contributed by atoms with Crippen molar-refractivity contribution in [1.29, 1.82) is 0 Å². The normalized spacial score (nSPS) is 12.8. The molecule has 4 nitrogen and oxygen atoms in total. The second-order valence-electron chi connectivity index (χ2n) is 4.24. The average molecular weight is 232 g/mol. The van der Waals surface area contributed by atoms with Crippen molar-refractivity contribution in [3.63, 3.8) is 0 Å². The van der Waals surface area contributed by atoms with Crippen molar-refractivity contribution < 1.29 is 9.90 Å². The number of carboxylic acids is 1. The van der Waals surface area contributed by atoms with Gasteiger partial charge in [0.05, 0.1) is 6.42 Å². The largest absolute Gasteiger partial charge is 0.481 e. The van der Waals surface area contributed by atoms with E-state index in [2.05, 4.69) is 4.98 Å². The van der Waals surface area contributed by atoms with Crippen LogP contribution < -0.4 is 5.73 Å². The van der Waals surface area contributed by atoms with E-state index in [9.17, 15) is 4.79 Å². The van der Waals surface area contributed by atoms with Crippen LogP contribution in [-0.4, -0.2) is 22.6 Å². The van der Waals surface area contributed by atoms with Gasteiger partial charge in [0.15, 0.2) is 0 Å². The molecule has 90 valence electrons. The van der Waals surface area contributed by atoms with Crippen molar-refractivity contribution in [3.8, 4) is 0 Å². The summed E-state index contributed by atoms with van der Waals surface area (Å²) in [5.41, 5.74) is 8.76. The van der Waals surface area contributed by atoms with Crippen LogP contribution in [0.5, 0.6) is 0 Å². The van der Waals surface area contributed by atoms with E-state index in [0.717, 1.165) is 22.2 Å². The van der Waals surface area contributed by atoms with Gasteiger partial charge in [-0.25, -0.2) is 0 Å². The van der Waals surface area contributed by atoms with Crippen LogP contribution in [0.3, 0.4) is 0 Å². The lowest BCUT2D eigenvalue weighted by molar-refractivity contribution is -0.137. The van der Waals surface area contributed by atoms with Gasteiger partial charge in [-0.05, 0) is 25.1 Å². The fourth-order valence-corrected chi connectivity index (χ4v) is 2.34. The number of rotatable bonds is 4. The lowest BCUT2D eigenvalue weighted by Crippen LogP contribution is -2.16. The molecule has 0 amide bonds. The highest BCUT2D eigenvalue weighted by Crippen LogP contribution is 2.30. The third-order valence-electron chi connectivity index (χ3n) is 3.06. The predicted molar refractivity (Wildman–Crippen MR) is 67.1 cm³/mol. The van der Waals surface area contributed by atoms with Gasteiger partial charge in [-0.2, -0.15) is 0 Å². The van der Waals surface area contributed by atoms with E-state index in [1.165, 1.54) is 0 Å². The minimum Gasteiger partial charge on any atom is -0.481 e. The Bertz CT molecular complexity index is 545. The van der Waals surface area contributed by atoms with Crippen LogP contribution >= 0.6 is 0 Å². The summed E-state index contributed by atoms with van der Waals surface area (Å²) in [6.45, 7) is 2.30. The zero-order valence-electron chi connectivity index (χ0n) is 9.73. The second-order valence-corrected chi connectivity index (χ2v) is 4.24. The second kappa shape index (κ2) is 4.59. The molecule has 1 unspecified atom stereocenters. The van der Waals surface area contributed by atoms with Crippen molar-refractivity contribution in [2.75, 3.05) is 6.54 Å². The lowest BCUT2D eigenvalue weighted by atomic mass is 9.93. The molecule has 4 N–H and O–H groups in total. The van der Waals surface area contributed by atoms with Gasteiger partial charge < -0.3 is 15.8 Å². The van der Waals surface area contributed by atoms with E-state index in [1.807, 2.05) is 31.2 Å². The Morgan fingerprint density at radius 3 is 2.82 bits per heavy atom. The molecule has 1 heterocycles. The van der Waals surface area contributed by atoms with Crippen LogP contribution in [0.2, 0.25) is 0 Å². The molecule has 1 aromatic carbocycles. The van der Waals surface area contributed by atoms with Crippen LogP contribution in [0.25, 0.3) is 10.9 Å². The Morgan fingerprint density at radius 2 is 2.18 bits per heavy atom. The molecular weight excluding hydrogens is 216 g/mol. The van der Waals surface area contributed by atoms with Crippen molar-refractivity contribution >= 4 is 16.9 Å². The van der Waals surface area contributed by atoms with E-state index in [4.69, 9.17) is 10.8 Å². The third kappa shape index (κ3) is 2.17. The number of hydrogen-bond donors (Lipinski definition) is 3. The van der Waals surface area contributed by atoms with Gasteiger partial charge in [0.25, 0.3) is 0 Å². The molecule has 0 spiro atoms. The molecule has 0 saturated carbocycles. The summed E-state index contributed by atoms with van der Waals surface area (Å²) >= 11 is 0. The zero-order valence-corrected chi connectivity index (χ0v) is 9.73. The summed E-state index contributed by atoms with van der Waals surface area (Å²) < 4.78 is 0. The first kappa shape index (κ1) is 11.7. The molecule has 0 bridgehead atoms. The number of H-pyrrole nitrogens is 1. The summed E-state index contributed by atoms with van der Waals surface area (Å²) in [5.74, 6) is -0.950. The molecule has 0 aliphatic carbocycles. The molecule has 2 rings (SSSR count). The molecule has 0 fully saturated rings. The van der Waals surface area contributed by atoms with Gasteiger partial charge in [0, 0.05) is 22.5 Å². The smallest absolute Gasteiger partial charge is 0.304 e. The highest BCUT2D eigenvalue weighted by molar-refractivity contribution is 5.85. The number of nitrogens with two attached hydrogens (primary N) is 1. The highest BCUT2D eigenvalue weighted by atomic mass is 16.4. The Morgan fingerprint density at radius 1 is 1.47 bits per heavy atom. The third-order valence-corrected chi connectivity index (χ3v) is 3.06. The molecule has 4 heteroatoms. The molecule has 1 aromatic heterocycles. The Kier molecular flexibility index (Phi) is 3.15. The van der Waals surface area contributed by atoms with Crippen LogP contribution in [-0.2, 0) is 4.79 Å². The number of para-hydroxylation sites is 1. The summed E-state index contributed by atoms with van der Waals surface area (Å²) in [7, 11) is 0. The lowest BCUT2D eigenvalue weighted by Gasteiger charge is -2.13. The van der Waals surface area contributed by atoms with Gasteiger partial charge in [0.1, 0.15) is 0 Å². The van der Waals surface area contributed by atoms with E-state index in [-0.39, 0.29) is 12.3 Å². The standard InChI is InChI=1S/C13H16N2O2/c1-8-13(9(7-14)6-12(16)17)10-4-2-3-5-11(10)15-8/h2-5,9,15H,6-7,14H2,1H3,(H,16,17). The van der Waals surface area contributed by atoms with Crippen molar-refractivity contribution in [2.24, 2.45) is 5.73 Å². The number of aryl methyl sites for hydroxylation is 1. The monoisotopic (exact) mass is 232 g/mol. The van der Waals surface area contributed by atoms with Crippen molar-refractivity contribution in [3.05, 3.63) is 35.5 Å². The number of nitrogens with one attached hydrogen (secondary N) is 1. The summed E-state index contributed by atoms with van der Waals surface area (Å²) in [6, 6.07) is 7.89. The molecule has 0 aliphatic rings. The van der Waals surface area contributed by atoms with E-state index >= 15 is 0 Å². The molecule has 17 heavy (non-hydrogen) atoms. The van der Waals surface area contributed by atoms with Gasteiger partial charge in [-0.15, -0.1) is 0 Å². The van der Waals surface area contributed by atoms with Crippen molar-refractivity contribution in [1.82, 2.24) is 4.98 Å². The number of carboxylic acid groups (broad SMARTS) is 1. The van der Waals surface area contributed by atoms with Gasteiger partial charge in [-0.1, -0.05) is 18.2 Å². The van der Waals surface area contributed by atoms with E-state index in [0.29, 0.717) is 6.54 Å². The minimum atomic E-state index is -0.815. The topological polar surface area (TPSA) is 79.1 Å². The quantitative estimate of drug-likeness (QED) is 0.754. The van der Waals surface area contributed by atoms with Gasteiger partial charge in [0.2, 0.25) is 0 Å². The number of aromatic amines is 1. The molecule has 0 aliphatic heterocycles. The molecule has 0 radical (unpaired) electrons. The number of benzene rings is 1. The summed E-state index contributed by atoms with van der Waals surface area (Å²) in [4.78, 5) is 14.1.